The number of carbonyl (C=O) groups excluding carboxylic acids is 1. The van der Waals surface area contributed by atoms with Gasteiger partial charge in [0.05, 0.1) is 17.5 Å². The van der Waals surface area contributed by atoms with E-state index in [1.165, 1.54) is 16.8 Å². The van der Waals surface area contributed by atoms with Gasteiger partial charge in [0, 0.05) is 16.5 Å². The molecule has 30 heavy (non-hydrogen) atoms. The number of benzene rings is 2. The van der Waals surface area contributed by atoms with Gasteiger partial charge in [-0.15, -0.1) is 5.10 Å². The lowest BCUT2D eigenvalue weighted by Crippen LogP contribution is -2.14. The minimum atomic E-state index is -4.42. The average Bonchev–Trinajstić information content (AvgIpc) is 3.32. The summed E-state index contributed by atoms with van der Waals surface area (Å²) in [5.74, 6) is -0.548. The van der Waals surface area contributed by atoms with Gasteiger partial charge < -0.3 is 10.2 Å². The largest absolute Gasteiger partial charge is 0.416 e. The molecule has 2 aromatic carbocycles. The fraction of sp³-hybridized carbons (Fsp3) is 0.100. The van der Waals surface area contributed by atoms with E-state index in [0.717, 1.165) is 12.1 Å². The second-order valence-electron chi connectivity index (χ2n) is 6.48. The van der Waals surface area contributed by atoms with Gasteiger partial charge in [-0.2, -0.15) is 23.0 Å². The van der Waals surface area contributed by atoms with Crippen molar-refractivity contribution in [2.24, 2.45) is 5.73 Å². The molecule has 2 aromatic heterocycles. The molecule has 0 saturated heterocycles. The molecule has 0 unspecified atom stereocenters. The number of aromatic nitrogens is 4. The maximum Gasteiger partial charge on any atom is 0.416 e. The minimum Gasteiger partial charge on any atom is -0.406 e. The number of nitrogens with zero attached hydrogens (tertiary/aromatic N) is 4. The van der Waals surface area contributed by atoms with Crippen LogP contribution >= 0.6 is 0 Å². The first-order valence-corrected chi connectivity index (χ1v) is 8.70. The van der Waals surface area contributed by atoms with Crippen LogP contribution in [0.1, 0.15) is 11.5 Å². The van der Waals surface area contributed by atoms with E-state index in [1.54, 1.807) is 24.3 Å². The van der Waals surface area contributed by atoms with Gasteiger partial charge in [-0.1, -0.05) is 42.0 Å². The van der Waals surface area contributed by atoms with Crippen LogP contribution in [-0.4, -0.2) is 25.9 Å². The predicted octanol–water partition coefficient (Wildman–Crippen LogP) is 3.68. The quantitative estimate of drug-likeness (QED) is 0.503. The summed E-state index contributed by atoms with van der Waals surface area (Å²) in [6.07, 6.45) is -4.43. The van der Waals surface area contributed by atoms with Crippen molar-refractivity contribution in [1.82, 2.24) is 20.0 Å². The molecule has 4 aromatic rings. The third kappa shape index (κ3) is 3.54. The highest BCUT2D eigenvalue weighted by atomic mass is 19.4. The number of halogens is 3. The van der Waals surface area contributed by atoms with E-state index >= 15 is 0 Å². The molecule has 0 aliphatic heterocycles. The van der Waals surface area contributed by atoms with Crippen molar-refractivity contribution < 1.29 is 22.4 Å². The number of fused-ring (bicyclic) bond motifs is 1. The summed E-state index contributed by atoms with van der Waals surface area (Å²) in [4.78, 5) is 11.1. The van der Waals surface area contributed by atoms with Crippen LogP contribution in [0.3, 0.4) is 0 Å². The molecule has 0 radical (unpaired) electrons. The molecule has 0 aliphatic carbocycles. The Labute approximate surface area is 167 Å². The van der Waals surface area contributed by atoms with Crippen molar-refractivity contribution in [2.75, 3.05) is 0 Å². The van der Waals surface area contributed by atoms with Gasteiger partial charge in [0.1, 0.15) is 5.69 Å². The van der Waals surface area contributed by atoms with E-state index in [9.17, 15) is 18.0 Å². The van der Waals surface area contributed by atoms with E-state index in [-0.39, 0.29) is 23.9 Å². The number of rotatable bonds is 5. The number of hydrogen-bond acceptors (Lipinski definition) is 5. The first-order chi connectivity index (χ1) is 14.2. The summed E-state index contributed by atoms with van der Waals surface area (Å²) in [5, 5.41) is 13.0. The Balaban J connectivity index is 1.76. The highest BCUT2D eigenvalue weighted by molar-refractivity contribution is 5.94. The Morgan fingerprint density at radius 3 is 2.47 bits per heavy atom. The molecule has 0 bridgehead atoms. The van der Waals surface area contributed by atoms with Crippen LogP contribution in [0, 0.1) is 0 Å². The van der Waals surface area contributed by atoms with Gasteiger partial charge in [0.2, 0.25) is 11.8 Å². The molecular formula is C20H14F3N5O2. The van der Waals surface area contributed by atoms with Crippen LogP contribution < -0.4 is 5.73 Å². The van der Waals surface area contributed by atoms with E-state index in [0.29, 0.717) is 22.2 Å². The van der Waals surface area contributed by atoms with Crippen LogP contribution in [0.5, 0.6) is 0 Å². The summed E-state index contributed by atoms with van der Waals surface area (Å²) < 4.78 is 45.5. The second-order valence-corrected chi connectivity index (χ2v) is 6.48. The highest BCUT2D eigenvalue weighted by Crippen LogP contribution is 2.33. The number of hydrogen-bond donors (Lipinski definition) is 1. The molecular weight excluding hydrogens is 399 g/mol. The molecule has 152 valence electrons. The monoisotopic (exact) mass is 413 g/mol. The van der Waals surface area contributed by atoms with Gasteiger partial charge in [-0.25, -0.2) is 0 Å². The molecule has 0 saturated carbocycles. The third-order valence-electron chi connectivity index (χ3n) is 4.42. The standard InChI is InChI=1S/C20H14F3N5O2/c1-11(18(24)29)10-16-25-26-19(30-16)28-15-5-3-2-4-14(15)17(27-28)12-6-8-13(9-7-12)20(21,22)23/h2-9H,1,10H2,(H2,24,29). The van der Waals surface area contributed by atoms with Gasteiger partial charge in [0.15, 0.2) is 0 Å². The smallest absolute Gasteiger partial charge is 0.406 e. The van der Waals surface area contributed by atoms with Crippen LogP contribution in [-0.2, 0) is 17.4 Å². The second kappa shape index (κ2) is 7.14. The van der Waals surface area contributed by atoms with Crippen LogP contribution in [0.15, 0.2) is 65.1 Å². The Bertz CT molecular complexity index is 1260. The Hall–Kier alpha value is -3.95. The summed E-state index contributed by atoms with van der Waals surface area (Å²) in [6, 6.07) is 11.9. The van der Waals surface area contributed by atoms with Crippen molar-refractivity contribution in [3.05, 3.63) is 72.1 Å². The van der Waals surface area contributed by atoms with Crippen LogP contribution in [0.4, 0.5) is 13.2 Å². The van der Waals surface area contributed by atoms with Crippen LogP contribution in [0.2, 0.25) is 0 Å². The Morgan fingerprint density at radius 2 is 1.80 bits per heavy atom. The Kier molecular flexibility index (Phi) is 4.61. The van der Waals surface area contributed by atoms with E-state index in [2.05, 4.69) is 21.9 Å². The lowest BCUT2D eigenvalue weighted by Gasteiger charge is -2.06. The molecule has 2 heterocycles. The van der Waals surface area contributed by atoms with Gasteiger partial charge >= 0.3 is 12.2 Å². The van der Waals surface area contributed by atoms with Crippen molar-refractivity contribution in [2.45, 2.75) is 12.6 Å². The van der Waals surface area contributed by atoms with Gasteiger partial charge in [-0.3, -0.25) is 4.79 Å². The predicted molar refractivity (Wildman–Crippen MR) is 101 cm³/mol. The van der Waals surface area contributed by atoms with E-state index < -0.39 is 17.6 Å². The number of nitrogens with two attached hydrogens (primary N) is 1. The number of carbonyl (C=O) groups is 1. The van der Waals surface area contributed by atoms with Crippen molar-refractivity contribution in [3.63, 3.8) is 0 Å². The minimum absolute atomic E-state index is 0.00665. The number of para-hydroxylation sites is 1. The van der Waals surface area contributed by atoms with Crippen molar-refractivity contribution in [1.29, 1.82) is 0 Å². The molecule has 1 amide bonds. The third-order valence-corrected chi connectivity index (χ3v) is 4.42. The maximum atomic E-state index is 12.9. The molecule has 0 atom stereocenters. The fourth-order valence-electron chi connectivity index (χ4n) is 2.91. The highest BCUT2D eigenvalue weighted by Gasteiger charge is 2.30. The molecule has 7 nitrogen and oxygen atoms in total. The number of alkyl halides is 3. The van der Waals surface area contributed by atoms with E-state index in [4.69, 9.17) is 10.2 Å². The number of primary amides is 1. The van der Waals surface area contributed by atoms with Crippen molar-refractivity contribution in [3.8, 4) is 17.3 Å². The maximum absolute atomic E-state index is 12.9. The Morgan fingerprint density at radius 1 is 1.10 bits per heavy atom. The summed E-state index contributed by atoms with van der Waals surface area (Å²) in [6.45, 7) is 3.54. The zero-order valence-corrected chi connectivity index (χ0v) is 15.3. The normalized spacial score (nSPS) is 11.7. The average molecular weight is 413 g/mol. The number of amides is 1. The lowest BCUT2D eigenvalue weighted by atomic mass is 10.1. The van der Waals surface area contributed by atoms with Gasteiger partial charge in [-0.05, 0) is 18.2 Å². The summed E-state index contributed by atoms with van der Waals surface area (Å²) in [7, 11) is 0. The van der Waals surface area contributed by atoms with Gasteiger partial charge in [0.25, 0.3) is 0 Å². The molecule has 0 spiro atoms. The topological polar surface area (TPSA) is 99.8 Å². The SMILES string of the molecule is C=C(Cc1nnc(-n2nc(-c3ccc(C(F)(F)F)cc3)c3ccccc32)o1)C(N)=O. The molecule has 2 N–H and O–H groups in total. The molecule has 4 rings (SSSR count). The molecule has 0 aliphatic rings. The summed E-state index contributed by atoms with van der Waals surface area (Å²) >= 11 is 0. The van der Waals surface area contributed by atoms with Crippen molar-refractivity contribution >= 4 is 16.8 Å². The molecule has 10 heteroatoms. The van der Waals surface area contributed by atoms with E-state index in [1.807, 2.05) is 0 Å². The lowest BCUT2D eigenvalue weighted by molar-refractivity contribution is -0.137. The summed E-state index contributed by atoms with van der Waals surface area (Å²) in [5.41, 5.74) is 6.11. The first-order valence-electron chi connectivity index (χ1n) is 8.70. The molecule has 0 fully saturated rings. The van der Waals surface area contributed by atoms with Crippen LogP contribution in [0.25, 0.3) is 28.2 Å². The first kappa shape index (κ1) is 19.4. The fourth-order valence-corrected chi connectivity index (χ4v) is 2.91. The zero-order valence-electron chi connectivity index (χ0n) is 15.3. The zero-order chi connectivity index (χ0) is 21.5.